The van der Waals surface area contributed by atoms with Crippen LogP contribution in [0.15, 0.2) is 48.5 Å². The SMILES string of the molecule is CNC(=O)c1ccc(CNCc2ccc(CN3CCOCC3)cc2)cc1. The van der Waals surface area contributed by atoms with Gasteiger partial charge in [-0.15, -0.1) is 0 Å². The molecular formula is C21H27N3O2. The Kier molecular flexibility index (Phi) is 6.77. The maximum absolute atomic E-state index is 11.5. The molecule has 0 spiro atoms. The second-order valence-corrected chi connectivity index (χ2v) is 6.58. The lowest BCUT2D eigenvalue weighted by Gasteiger charge is -2.26. The first-order valence-corrected chi connectivity index (χ1v) is 9.14. The molecule has 0 bridgehead atoms. The third-order valence-corrected chi connectivity index (χ3v) is 4.63. The Balaban J connectivity index is 1.43. The summed E-state index contributed by atoms with van der Waals surface area (Å²) in [5.74, 6) is -0.0540. The van der Waals surface area contributed by atoms with E-state index >= 15 is 0 Å². The van der Waals surface area contributed by atoms with Crippen LogP contribution in [0.5, 0.6) is 0 Å². The van der Waals surface area contributed by atoms with E-state index in [0.717, 1.165) is 45.9 Å². The Morgan fingerprint density at radius 2 is 1.46 bits per heavy atom. The molecule has 3 rings (SSSR count). The zero-order valence-corrected chi connectivity index (χ0v) is 15.3. The maximum Gasteiger partial charge on any atom is 0.251 e. The predicted octanol–water partition coefficient (Wildman–Crippen LogP) is 2.17. The first-order chi connectivity index (χ1) is 12.7. The molecule has 0 radical (unpaired) electrons. The van der Waals surface area contributed by atoms with Gasteiger partial charge in [0.25, 0.3) is 5.91 Å². The van der Waals surface area contributed by atoms with Gasteiger partial charge in [-0.05, 0) is 28.8 Å². The van der Waals surface area contributed by atoms with Gasteiger partial charge in [0.2, 0.25) is 0 Å². The maximum atomic E-state index is 11.5. The zero-order chi connectivity index (χ0) is 18.2. The Hall–Kier alpha value is -2.21. The second kappa shape index (κ2) is 9.48. The summed E-state index contributed by atoms with van der Waals surface area (Å²) in [5, 5.41) is 6.09. The fourth-order valence-corrected chi connectivity index (χ4v) is 3.05. The molecule has 2 aromatic rings. The number of nitrogens with zero attached hydrogens (tertiary/aromatic N) is 1. The molecule has 26 heavy (non-hydrogen) atoms. The average Bonchev–Trinajstić information content (AvgIpc) is 2.70. The van der Waals surface area contributed by atoms with Gasteiger partial charge in [0.1, 0.15) is 0 Å². The molecule has 1 fully saturated rings. The minimum absolute atomic E-state index is 0.0540. The highest BCUT2D eigenvalue weighted by Crippen LogP contribution is 2.10. The number of hydrogen-bond acceptors (Lipinski definition) is 4. The van der Waals surface area contributed by atoms with E-state index in [0.29, 0.717) is 5.56 Å². The number of nitrogens with one attached hydrogen (secondary N) is 2. The molecule has 0 atom stereocenters. The van der Waals surface area contributed by atoms with Crippen LogP contribution in [0.2, 0.25) is 0 Å². The zero-order valence-electron chi connectivity index (χ0n) is 15.3. The normalized spacial score (nSPS) is 15.0. The van der Waals surface area contributed by atoms with E-state index in [2.05, 4.69) is 39.8 Å². The van der Waals surface area contributed by atoms with Crippen molar-refractivity contribution in [1.82, 2.24) is 15.5 Å². The van der Waals surface area contributed by atoms with Crippen LogP contribution in [0, 0.1) is 0 Å². The largest absolute Gasteiger partial charge is 0.379 e. The first-order valence-electron chi connectivity index (χ1n) is 9.14. The van der Waals surface area contributed by atoms with Crippen LogP contribution in [-0.2, 0) is 24.4 Å². The highest BCUT2D eigenvalue weighted by molar-refractivity contribution is 5.93. The molecule has 1 saturated heterocycles. The van der Waals surface area contributed by atoms with Gasteiger partial charge < -0.3 is 15.4 Å². The predicted molar refractivity (Wildman–Crippen MR) is 103 cm³/mol. The summed E-state index contributed by atoms with van der Waals surface area (Å²) in [6, 6.07) is 16.5. The van der Waals surface area contributed by atoms with E-state index in [1.165, 1.54) is 16.7 Å². The average molecular weight is 353 g/mol. The highest BCUT2D eigenvalue weighted by Gasteiger charge is 2.10. The third kappa shape index (κ3) is 5.39. The first kappa shape index (κ1) is 18.6. The molecule has 1 aliphatic rings. The van der Waals surface area contributed by atoms with Crippen molar-refractivity contribution in [3.63, 3.8) is 0 Å². The molecule has 0 aromatic heterocycles. The molecule has 5 heteroatoms. The molecule has 1 amide bonds. The molecule has 0 saturated carbocycles. The van der Waals surface area contributed by atoms with Crippen molar-refractivity contribution in [3.8, 4) is 0 Å². The number of ether oxygens (including phenoxy) is 1. The molecule has 2 aromatic carbocycles. The van der Waals surface area contributed by atoms with Crippen LogP contribution in [-0.4, -0.2) is 44.2 Å². The van der Waals surface area contributed by atoms with E-state index < -0.39 is 0 Å². The lowest BCUT2D eigenvalue weighted by molar-refractivity contribution is 0.0342. The van der Waals surface area contributed by atoms with Gasteiger partial charge in [-0.25, -0.2) is 0 Å². The van der Waals surface area contributed by atoms with Crippen molar-refractivity contribution < 1.29 is 9.53 Å². The van der Waals surface area contributed by atoms with Gasteiger partial charge in [0.15, 0.2) is 0 Å². The third-order valence-electron chi connectivity index (χ3n) is 4.63. The van der Waals surface area contributed by atoms with Crippen LogP contribution in [0.1, 0.15) is 27.0 Å². The number of carbonyl (C=O) groups is 1. The minimum atomic E-state index is -0.0540. The fraction of sp³-hybridized carbons (Fsp3) is 0.381. The molecule has 1 aliphatic heterocycles. The summed E-state index contributed by atoms with van der Waals surface area (Å²) >= 11 is 0. The Morgan fingerprint density at radius 1 is 0.923 bits per heavy atom. The quantitative estimate of drug-likeness (QED) is 0.801. The Bertz CT molecular complexity index is 692. The van der Waals surface area contributed by atoms with Gasteiger partial charge in [0.05, 0.1) is 13.2 Å². The lowest BCUT2D eigenvalue weighted by Crippen LogP contribution is -2.35. The van der Waals surface area contributed by atoms with Gasteiger partial charge >= 0.3 is 0 Å². The number of rotatable bonds is 7. The van der Waals surface area contributed by atoms with Crippen molar-refractivity contribution in [2.24, 2.45) is 0 Å². The molecule has 0 unspecified atom stereocenters. The van der Waals surface area contributed by atoms with Gasteiger partial charge in [-0.2, -0.15) is 0 Å². The Labute approximate surface area is 155 Å². The van der Waals surface area contributed by atoms with Crippen molar-refractivity contribution in [1.29, 1.82) is 0 Å². The smallest absolute Gasteiger partial charge is 0.251 e. The number of benzene rings is 2. The van der Waals surface area contributed by atoms with Crippen LogP contribution >= 0.6 is 0 Å². The van der Waals surface area contributed by atoms with Crippen molar-refractivity contribution in [3.05, 3.63) is 70.8 Å². The molecule has 1 heterocycles. The van der Waals surface area contributed by atoms with Crippen molar-refractivity contribution >= 4 is 5.91 Å². The van der Waals surface area contributed by atoms with E-state index in [4.69, 9.17) is 4.74 Å². The van der Waals surface area contributed by atoms with E-state index in [1.54, 1.807) is 7.05 Å². The number of hydrogen-bond donors (Lipinski definition) is 2. The van der Waals surface area contributed by atoms with Gasteiger partial charge in [0, 0.05) is 45.3 Å². The minimum Gasteiger partial charge on any atom is -0.379 e. The summed E-state index contributed by atoms with van der Waals surface area (Å²) in [5.41, 5.74) is 4.48. The van der Waals surface area contributed by atoms with E-state index in [1.807, 2.05) is 24.3 Å². The molecule has 2 N–H and O–H groups in total. The van der Waals surface area contributed by atoms with Crippen LogP contribution < -0.4 is 10.6 Å². The number of carbonyl (C=O) groups excluding carboxylic acids is 1. The molecular weight excluding hydrogens is 326 g/mol. The summed E-state index contributed by atoms with van der Waals surface area (Å²) in [7, 11) is 1.64. The van der Waals surface area contributed by atoms with Gasteiger partial charge in [-0.3, -0.25) is 9.69 Å². The molecule has 0 aliphatic carbocycles. The highest BCUT2D eigenvalue weighted by atomic mass is 16.5. The lowest BCUT2D eigenvalue weighted by atomic mass is 10.1. The van der Waals surface area contributed by atoms with Crippen LogP contribution in [0.3, 0.4) is 0 Å². The monoisotopic (exact) mass is 353 g/mol. The van der Waals surface area contributed by atoms with E-state index in [9.17, 15) is 4.79 Å². The van der Waals surface area contributed by atoms with Crippen LogP contribution in [0.4, 0.5) is 0 Å². The van der Waals surface area contributed by atoms with E-state index in [-0.39, 0.29) is 5.91 Å². The van der Waals surface area contributed by atoms with Crippen LogP contribution in [0.25, 0.3) is 0 Å². The fourth-order valence-electron chi connectivity index (χ4n) is 3.05. The van der Waals surface area contributed by atoms with Gasteiger partial charge in [-0.1, -0.05) is 36.4 Å². The molecule has 5 nitrogen and oxygen atoms in total. The summed E-state index contributed by atoms with van der Waals surface area (Å²) in [4.78, 5) is 14.0. The number of morpholine rings is 1. The summed E-state index contributed by atoms with van der Waals surface area (Å²) < 4.78 is 5.39. The molecule has 138 valence electrons. The second-order valence-electron chi connectivity index (χ2n) is 6.58. The van der Waals surface area contributed by atoms with Crippen molar-refractivity contribution in [2.75, 3.05) is 33.4 Å². The summed E-state index contributed by atoms with van der Waals surface area (Å²) in [6.07, 6.45) is 0. The van der Waals surface area contributed by atoms with Crippen molar-refractivity contribution in [2.45, 2.75) is 19.6 Å². The topological polar surface area (TPSA) is 53.6 Å². The Morgan fingerprint density at radius 3 is 2.04 bits per heavy atom. The summed E-state index contributed by atoms with van der Waals surface area (Å²) in [6.45, 7) is 6.32. The number of amides is 1. The standard InChI is InChI=1S/C21H27N3O2/c1-22-21(25)20-8-6-18(7-9-20)15-23-14-17-2-4-19(5-3-17)16-24-10-12-26-13-11-24/h2-9,23H,10-16H2,1H3,(H,22,25).